The van der Waals surface area contributed by atoms with Crippen LogP contribution in [0.15, 0.2) is 96.0 Å². The minimum absolute atomic E-state index is 0.104. The van der Waals surface area contributed by atoms with Gasteiger partial charge >= 0.3 is 0 Å². The summed E-state index contributed by atoms with van der Waals surface area (Å²) in [6.07, 6.45) is 7.34. The van der Waals surface area contributed by atoms with Crippen LogP contribution in [0.5, 0.6) is 0 Å². The van der Waals surface area contributed by atoms with Gasteiger partial charge in [-0.1, -0.05) is 69.3 Å². The first kappa shape index (κ1) is 34.5. The Morgan fingerprint density at radius 1 is 1.15 bits per heavy atom. The molecule has 244 valence electrons. The Balaban J connectivity index is 1.75. The van der Waals surface area contributed by atoms with Gasteiger partial charge in [-0.15, -0.1) is 0 Å². The number of allylic oxidation sites excluding steroid dienone is 2. The van der Waals surface area contributed by atoms with Crippen LogP contribution >= 0.6 is 0 Å². The molecule has 2 aromatic carbocycles. The lowest BCUT2D eigenvalue weighted by atomic mass is 9.87. The molecule has 2 amide bonds. The van der Waals surface area contributed by atoms with Crippen LogP contribution in [0.4, 0.5) is 5.69 Å². The maximum Gasteiger partial charge on any atom is 0.277 e. The topological polar surface area (TPSA) is 123 Å². The highest BCUT2D eigenvalue weighted by molar-refractivity contribution is 6.09. The van der Waals surface area contributed by atoms with Crippen molar-refractivity contribution in [2.45, 2.75) is 57.7 Å². The second-order valence-electron chi connectivity index (χ2n) is 12.6. The molecule has 46 heavy (non-hydrogen) atoms. The van der Waals surface area contributed by atoms with Gasteiger partial charge in [-0.25, -0.2) is 4.98 Å². The number of benzene rings is 2. The number of aliphatic imine (C=N–C) groups is 1. The number of imidazole rings is 1. The number of nitrogens with one attached hydrogen (secondary N) is 2. The average molecular weight is 627 g/mol. The van der Waals surface area contributed by atoms with E-state index in [1.807, 2.05) is 54.6 Å². The van der Waals surface area contributed by atoms with E-state index in [2.05, 4.69) is 52.7 Å². The Morgan fingerprint density at radius 3 is 2.46 bits per heavy atom. The number of carbonyl (C=O) groups is 2. The van der Waals surface area contributed by atoms with Crippen LogP contribution in [0.1, 0.15) is 49.3 Å². The molecule has 10 heteroatoms. The summed E-state index contributed by atoms with van der Waals surface area (Å²) >= 11 is 0. The molecule has 4 rings (SSSR count). The number of hydrogen-bond acceptors (Lipinski definition) is 7. The molecule has 0 spiro atoms. The van der Waals surface area contributed by atoms with Crippen molar-refractivity contribution in [3.63, 3.8) is 0 Å². The first-order valence-electron chi connectivity index (χ1n) is 15.6. The molecule has 1 fully saturated rings. The predicted molar refractivity (Wildman–Crippen MR) is 182 cm³/mol. The zero-order valence-electron chi connectivity index (χ0n) is 27.2. The largest absolute Gasteiger partial charge is 0.390 e. The van der Waals surface area contributed by atoms with E-state index in [1.54, 1.807) is 19.1 Å². The number of morpholine rings is 1. The monoisotopic (exact) mass is 626 g/mol. The Hall–Kier alpha value is -4.38. The molecule has 3 atom stereocenters. The van der Waals surface area contributed by atoms with Gasteiger partial charge in [-0.3, -0.25) is 24.4 Å². The lowest BCUT2D eigenvalue weighted by molar-refractivity contribution is -0.123. The summed E-state index contributed by atoms with van der Waals surface area (Å²) in [6, 6.07) is 15.7. The molecular weight excluding hydrogens is 580 g/mol. The number of aliphatic hydroxyl groups is 1. The first-order chi connectivity index (χ1) is 22.1. The van der Waals surface area contributed by atoms with Gasteiger partial charge in [-0.05, 0) is 60.4 Å². The second-order valence-corrected chi connectivity index (χ2v) is 12.6. The SMILES string of the molecule is C=N/C=C\C=C(/C)C(C(=O)N[C@@H](Cc1ccccc1)[C@H](O)CN1CCOCC1)N(C(=O)c1cnc[nH]1)c1ccc(C(C)(C)C)cc1. The van der Waals surface area contributed by atoms with Gasteiger partial charge in [-0.2, -0.15) is 0 Å². The number of hydrogen-bond donors (Lipinski definition) is 3. The van der Waals surface area contributed by atoms with Crippen LogP contribution in [0, 0.1) is 0 Å². The third kappa shape index (κ3) is 9.32. The van der Waals surface area contributed by atoms with Gasteiger partial charge in [0.15, 0.2) is 0 Å². The number of carbonyl (C=O) groups excluding carboxylic acids is 2. The van der Waals surface area contributed by atoms with Crippen LogP contribution < -0.4 is 10.2 Å². The fraction of sp³-hybridized carbons (Fsp3) is 0.389. The molecule has 0 bridgehead atoms. The zero-order chi connectivity index (χ0) is 33.1. The fourth-order valence-corrected chi connectivity index (χ4v) is 5.47. The van der Waals surface area contributed by atoms with E-state index in [9.17, 15) is 14.7 Å². The molecule has 1 aromatic heterocycles. The minimum Gasteiger partial charge on any atom is -0.390 e. The van der Waals surface area contributed by atoms with Crippen molar-refractivity contribution in [3.05, 3.63) is 108 Å². The molecule has 3 N–H and O–H groups in total. The van der Waals surface area contributed by atoms with Gasteiger partial charge in [0.25, 0.3) is 5.91 Å². The van der Waals surface area contributed by atoms with E-state index in [0.717, 1.165) is 11.1 Å². The van der Waals surface area contributed by atoms with Gasteiger partial charge in [0.2, 0.25) is 5.91 Å². The van der Waals surface area contributed by atoms with Crippen molar-refractivity contribution in [2.24, 2.45) is 4.99 Å². The van der Waals surface area contributed by atoms with E-state index in [4.69, 9.17) is 4.74 Å². The number of amides is 2. The molecule has 3 aromatic rings. The van der Waals surface area contributed by atoms with E-state index < -0.39 is 30.0 Å². The normalized spacial score (nSPS) is 16.5. The first-order valence-corrected chi connectivity index (χ1v) is 15.6. The molecule has 0 aliphatic carbocycles. The Labute approximate surface area is 271 Å². The number of aliphatic hydroxyl groups excluding tert-OH is 1. The van der Waals surface area contributed by atoms with Crippen LogP contribution in [-0.2, 0) is 21.4 Å². The minimum atomic E-state index is -1.07. The molecule has 1 aliphatic heterocycles. The summed E-state index contributed by atoms with van der Waals surface area (Å²) in [5.41, 5.74) is 3.33. The number of anilines is 1. The lowest BCUT2D eigenvalue weighted by Gasteiger charge is -2.35. The van der Waals surface area contributed by atoms with E-state index in [1.165, 1.54) is 23.6 Å². The number of nitrogens with zero attached hydrogens (tertiary/aromatic N) is 4. The third-order valence-electron chi connectivity index (χ3n) is 8.09. The number of ether oxygens (including phenoxy) is 1. The lowest BCUT2D eigenvalue weighted by Crippen LogP contribution is -2.57. The molecule has 1 aliphatic rings. The van der Waals surface area contributed by atoms with Crippen molar-refractivity contribution in [1.29, 1.82) is 0 Å². The predicted octanol–water partition coefficient (Wildman–Crippen LogP) is 4.30. The highest BCUT2D eigenvalue weighted by Crippen LogP contribution is 2.29. The van der Waals surface area contributed by atoms with Crippen LogP contribution in [0.25, 0.3) is 0 Å². The molecular formula is C36H46N6O4. The second kappa shape index (κ2) is 16.3. The summed E-state index contributed by atoms with van der Waals surface area (Å²) in [4.78, 5) is 43.1. The van der Waals surface area contributed by atoms with E-state index in [0.29, 0.717) is 50.5 Å². The maximum absolute atomic E-state index is 14.6. The van der Waals surface area contributed by atoms with Crippen LogP contribution in [0.2, 0.25) is 0 Å². The molecule has 0 saturated carbocycles. The van der Waals surface area contributed by atoms with Crippen molar-refractivity contribution in [3.8, 4) is 0 Å². The zero-order valence-corrected chi connectivity index (χ0v) is 27.2. The van der Waals surface area contributed by atoms with Crippen molar-refractivity contribution < 1.29 is 19.4 Å². The fourth-order valence-electron chi connectivity index (χ4n) is 5.47. The maximum atomic E-state index is 14.6. The van der Waals surface area contributed by atoms with Crippen LogP contribution in [0.3, 0.4) is 0 Å². The van der Waals surface area contributed by atoms with E-state index in [-0.39, 0.29) is 11.1 Å². The van der Waals surface area contributed by atoms with Gasteiger partial charge < -0.3 is 20.1 Å². The molecule has 10 nitrogen and oxygen atoms in total. The highest BCUT2D eigenvalue weighted by atomic mass is 16.5. The van der Waals surface area contributed by atoms with Gasteiger partial charge in [0.1, 0.15) is 11.7 Å². The summed E-state index contributed by atoms with van der Waals surface area (Å²) < 4.78 is 5.49. The molecule has 1 unspecified atom stereocenters. The Kier molecular flexibility index (Phi) is 12.2. The van der Waals surface area contributed by atoms with Crippen molar-refractivity contribution in [2.75, 3.05) is 37.7 Å². The number of H-pyrrole nitrogens is 1. The molecule has 0 radical (unpaired) electrons. The summed E-state index contributed by atoms with van der Waals surface area (Å²) in [5.74, 6) is -0.850. The quantitative estimate of drug-likeness (QED) is 0.192. The number of aromatic nitrogens is 2. The average Bonchev–Trinajstić information content (AvgIpc) is 3.59. The molecule has 2 heterocycles. The summed E-state index contributed by atoms with van der Waals surface area (Å²) in [6.45, 7) is 14.6. The van der Waals surface area contributed by atoms with Crippen LogP contribution in [-0.4, -0.2) is 89.5 Å². The number of rotatable bonds is 13. The Bertz CT molecular complexity index is 1470. The van der Waals surface area contributed by atoms with Crippen molar-refractivity contribution in [1.82, 2.24) is 20.2 Å². The molecule has 1 saturated heterocycles. The smallest absolute Gasteiger partial charge is 0.277 e. The van der Waals surface area contributed by atoms with E-state index >= 15 is 0 Å². The van der Waals surface area contributed by atoms with Gasteiger partial charge in [0.05, 0.1) is 37.9 Å². The standard InChI is InChI=1S/C36H46N6O4/c1-26(10-9-17-37-5)33(42(35(45)31-23-38-25-39-31)29-15-13-28(14-16-29)36(2,3)4)34(44)40-30(22-27-11-7-6-8-12-27)32(43)24-41-18-20-46-21-19-41/h6-17,23,25,30,32-33,43H,5,18-22,24H2,1-4H3,(H,38,39)(H,40,44)/b17-9-,26-10+/t30-,32+,33?/m0/s1. The number of aromatic amines is 1. The summed E-state index contributed by atoms with van der Waals surface area (Å²) in [7, 11) is 0. The Morgan fingerprint density at radius 2 is 1.85 bits per heavy atom. The third-order valence-corrected chi connectivity index (χ3v) is 8.09. The number of β-amino-alcohol motifs (C(OH)–C–C–N with tert-alkyl or cyclic N) is 1. The highest BCUT2D eigenvalue weighted by Gasteiger charge is 2.36. The van der Waals surface area contributed by atoms with Crippen molar-refractivity contribution >= 4 is 24.2 Å². The summed E-state index contributed by atoms with van der Waals surface area (Å²) in [5, 5.41) is 14.7. The van der Waals surface area contributed by atoms with Gasteiger partial charge in [0, 0.05) is 31.5 Å².